The molecule has 4 N–H and O–H groups in total. The van der Waals surface area contributed by atoms with Crippen molar-refractivity contribution in [3.63, 3.8) is 0 Å². The second kappa shape index (κ2) is 45.0. The minimum Gasteiger partial charge on any atom is -0.351 e. The van der Waals surface area contributed by atoms with E-state index in [1.807, 2.05) is 0 Å². The van der Waals surface area contributed by atoms with Crippen molar-refractivity contribution in [1.82, 2.24) is 10.6 Å². The van der Waals surface area contributed by atoms with Gasteiger partial charge in [-0.1, -0.05) is 163 Å². The summed E-state index contributed by atoms with van der Waals surface area (Å²) in [6, 6.07) is -0.630. The first-order valence-electron chi connectivity index (χ1n) is 21.2. The summed E-state index contributed by atoms with van der Waals surface area (Å²) in [7, 11) is -0.640. The number of nitrogens with two attached hydrogens (primary N) is 1. The van der Waals surface area contributed by atoms with Gasteiger partial charge < -0.3 is 24.7 Å². The summed E-state index contributed by atoms with van der Waals surface area (Å²) in [5.41, 5.74) is 14.1. The van der Waals surface area contributed by atoms with E-state index in [9.17, 15) is 9.59 Å². The molecule has 50 heavy (non-hydrogen) atoms. The smallest absolute Gasteiger partial charge is 0.220 e. The average molecular weight is 783 g/mol. The first kappa shape index (κ1) is 44.2. The van der Waals surface area contributed by atoms with Crippen molar-refractivity contribution < 1.29 is 18.0 Å². The highest BCUT2D eigenvalue weighted by molar-refractivity contribution is 8.53. The molecule has 0 aromatic rings. The summed E-state index contributed by atoms with van der Waals surface area (Å²) >= 11 is 1.87. The van der Waals surface area contributed by atoms with Crippen LogP contribution in [0.5, 0.6) is 0 Å². The Morgan fingerprint density at radius 1 is 0.740 bits per heavy atom. The highest BCUT2D eigenvalue weighted by atomic mass is 32.7. The lowest BCUT2D eigenvalue weighted by Crippen LogP contribution is -2.42. The highest BCUT2D eigenvalue weighted by Crippen LogP contribution is 2.25. The van der Waals surface area contributed by atoms with Gasteiger partial charge in [-0.2, -0.15) is 0 Å². The molecule has 0 spiro atoms. The number of unbranched alkanes of at least 4 members (excludes halogenated alkanes) is 20. The van der Waals surface area contributed by atoms with Crippen molar-refractivity contribution >= 4 is 65.4 Å². The van der Waals surface area contributed by atoms with Crippen LogP contribution < -0.4 is 16.4 Å². The quantitative estimate of drug-likeness (QED) is 0.0107. The summed E-state index contributed by atoms with van der Waals surface area (Å²) in [6.07, 6.45) is 28.6. The maximum Gasteiger partial charge on any atom is 0.220 e. The number of rotatable bonds is 39. The molecule has 10 nitrogen and oxygen atoms in total. The van der Waals surface area contributed by atoms with Crippen LogP contribution in [0.1, 0.15) is 168 Å². The first-order valence-corrected chi connectivity index (χ1v) is 23.8. The topological polar surface area (TPSA) is 151 Å². The Morgan fingerprint density at radius 2 is 1.10 bits per heavy atom. The number of nitrogens with one attached hydrogen (secondary N) is 2. The predicted octanol–water partition coefficient (Wildman–Crippen LogP) is 9.76. The zero-order chi connectivity index (χ0) is 40.3. The summed E-state index contributed by atoms with van der Waals surface area (Å²) in [5.74, 6) is -0.0481. The summed E-state index contributed by atoms with van der Waals surface area (Å²) < 4.78 is 39.3. The molecular formula is C34H72B2N6O4P2S2. The van der Waals surface area contributed by atoms with Crippen LogP contribution in [0.25, 0.3) is 10.4 Å². The first-order chi connectivity index (χ1) is 26.3. The fraction of sp³-hybridized carbons (Fsp3) is 0.941. The largest absolute Gasteiger partial charge is 0.351 e. The predicted molar refractivity (Wildman–Crippen MR) is 227 cm³/mol. The van der Waals surface area contributed by atoms with E-state index in [0.717, 1.165) is 64.1 Å². The molecule has 0 aliphatic carbocycles. The number of carbonyl (C=O) groups excluding carboxylic acids is 2. The van der Waals surface area contributed by atoms with Gasteiger partial charge in [0, 0.05) is 54.2 Å². The van der Waals surface area contributed by atoms with E-state index in [-0.39, 0.29) is 37.6 Å². The second-order valence-corrected chi connectivity index (χ2v) is 16.0. The molecule has 0 saturated carbocycles. The third-order valence-corrected chi connectivity index (χ3v) is 9.93. The van der Waals surface area contributed by atoms with Gasteiger partial charge in [0.1, 0.15) is 15.1 Å². The fourth-order valence-corrected chi connectivity index (χ4v) is 6.53. The van der Waals surface area contributed by atoms with Crippen molar-refractivity contribution in [1.29, 1.82) is 5.23 Å². The Morgan fingerprint density at radius 3 is 1.46 bits per heavy atom. The highest BCUT2D eigenvalue weighted by Gasteiger charge is 2.12. The van der Waals surface area contributed by atoms with Gasteiger partial charge in [0.25, 0.3) is 0 Å². The molecule has 0 aromatic heterocycles. The van der Waals surface area contributed by atoms with Gasteiger partial charge in [0.2, 0.25) is 11.8 Å². The number of amides is 2. The molecule has 2 radical (unpaired) electrons. The number of hydrogen-bond donors (Lipinski definition) is 3. The summed E-state index contributed by atoms with van der Waals surface area (Å²) in [4.78, 5) is 26.7. The molecule has 0 bridgehead atoms. The van der Waals surface area contributed by atoms with Gasteiger partial charge in [-0.15, -0.1) is 0 Å². The van der Waals surface area contributed by atoms with E-state index in [2.05, 4.69) is 34.5 Å². The second-order valence-electron chi connectivity index (χ2n) is 12.7. The molecule has 2 unspecified atom stereocenters. The van der Waals surface area contributed by atoms with E-state index in [4.69, 9.17) is 24.9 Å². The molecule has 2 amide bonds. The maximum absolute atomic E-state index is 12.1. The number of hydrogen-bond acceptors (Lipinski definition) is 8. The molecule has 290 valence electrons. The van der Waals surface area contributed by atoms with Gasteiger partial charge in [-0.05, 0) is 21.0 Å². The monoisotopic (exact) mass is 783 g/mol. The van der Waals surface area contributed by atoms with Crippen LogP contribution in [-0.2, 0) is 18.0 Å². The van der Waals surface area contributed by atoms with E-state index < -0.39 is 21.3 Å². The molecule has 0 saturated heterocycles. The molecule has 0 heterocycles. The molecular weight excluding hydrogens is 704 g/mol. The molecule has 16 heteroatoms. The Balaban J connectivity index is 0. The van der Waals surface area contributed by atoms with Crippen LogP contribution in [0.4, 0.5) is 0 Å². The Labute approximate surface area is 325 Å². The fourth-order valence-electron chi connectivity index (χ4n) is 5.23. The van der Waals surface area contributed by atoms with E-state index in [0.29, 0.717) is 19.4 Å². The Kier molecular flexibility index (Phi) is 39.8. The average Bonchev–Trinajstić information content (AvgIpc) is 3.17. The lowest BCUT2D eigenvalue weighted by atomic mass is 10.1. The van der Waals surface area contributed by atoms with Crippen molar-refractivity contribution in [2.75, 3.05) is 26.3 Å². The normalized spacial score (nSPS) is 14.2. The Bertz CT molecular complexity index is 910. The minimum absolute atomic E-state index is 0.0187. The van der Waals surface area contributed by atoms with E-state index >= 15 is 0 Å². The van der Waals surface area contributed by atoms with Crippen molar-refractivity contribution in [2.45, 2.75) is 180 Å². The minimum atomic E-state index is -1.39. The van der Waals surface area contributed by atoms with Gasteiger partial charge in [-0.3, -0.25) is 9.59 Å². The number of azide groups is 1. The van der Waals surface area contributed by atoms with Crippen LogP contribution in [-0.4, -0.2) is 70.5 Å². The van der Waals surface area contributed by atoms with Crippen molar-refractivity contribution in [3.05, 3.63) is 10.4 Å². The zero-order valence-corrected chi connectivity index (χ0v) is 34.8. The van der Waals surface area contributed by atoms with Crippen LogP contribution in [0.15, 0.2) is 5.11 Å². The zero-order valence-electron chi connectivity index (χ0n) is 35.4. The van der Waals surface area contributed by atoms with Gasteiger partial charge >= 0.3 is 0 Å². The van der Waals surface area contributed by atoms with Gasteiger partial charge in [0.05, 0.1) is 27.9 Å². The van der Waals surface area contributed by atoms with Crippen LogP contribution in [0.3, 0.4) is 0 Å². The molecule has 0 fully saturated rings. The Hall–Kier alpha value is -0.180. The number of nitrogens with zero attached hydrogens (tertiary/aromatic N) is 3. The lowest BCUT2D eigenvalue weighted by molar-refractivity contribution is -0.122. The SMILES string of the molecule is [2H]P([B][3H])SOC[C@@H](CN)NC(=O)CCCCCCCCCCCCC.[2H]P([B][3H])SOC[C@@H](CN=[N+]=[N-])NC(=O)CCCCCCCCCCCCC. The van der Waals surface area contributed by atoms with Gasteiger partial charge in [-0.25, -0.2) is 0 Å². The summed E-state index contributed by atoms with van der Waals surface area (Å²) in [6.45, 7) is 5.34. The third kappa shape index (κ3) is 42.2. The number of carbonyl (C=O) groups is 2. The maximum atomic E-state index is 12.1. The molecule has 0 aromatic carbocycles. The van der Waals surface area contributed by atoms with Crippen LogP contribution >= 0.6 is 38.5 Å². The van der Waals surface area contributed by atoms with Crippen molar-refractivity contribution in [3.8, 4) is 0 Å². The van der Waals surface area contributed by atoms with E-state index in [1.165, 1.54) is 116 Å². The van der Waals surface area contributed by atoms with Crippen LogP contribution in [0, 0.1) is 0 Å². The van der Waals surface area contributed by atoms with Crippen LogP contribution in [0.2, 0.25) is 0 Å². The van der Waals surface area contributed by atoms with Gasteiger partial charge in [0.15, 0.2) is 0 Å². The summed E-state index contributed by atoms with van der Waals surface area (Å²) in [5, 5.41) is 9.20. The third-order valence-electron chi connectivity index (χ3n) is 8.12. The molecule has 0 aliphatic heterocycles. The lowest BCUT2D eigenvalue weighted by Gasteiger charge is -2.16. The van der Waals surface area contributed by atoms with E-state index in [1.54, 1.807) is 0 Å². The standard InChI is InChI=1S/C17H35BN4O2PS.C17H37BN2O2PS/c1-2-3-4-5-6-7-8-9-10-11-12-13-17(23)21-16(14-20-22-19)15-24-26-25-18;1-2-3-4-5-6-7-8-9-10-11-12-13-17(21)20-16(14-19)15-22-24-23-18/h16,18,25H,2-15H2,1H3,(H,21,23);16,18,23H,2-15,19H2,1H3,(H,20,21)/t16-,25?;16-,23?/m11/s1/i18T,25D;18T,23D. The molecule has 0 aliphatic rings. The molecule has 4 atom stereocenters. The molecule has 0 rings (SSSR count). The van der Waals surface area contributed by atoms with Crippen molar-refractivity contribution in [2.24, 2.45) is 10.8 Å².